The molecule has 5 heteroatoms. The molecule has 70 valence electrons. The van der Waals surface area contributed by atoms with E-state index in [-0.39, 0.29) is 0 Å². The minimum atomic E-state index is -1.08. The van der Waals surface area contributed by atoms with E-state index < -0.39 is 12.0 Å². The van der Waals surface area contributed by atoms with Gasteiger partial charge in [0, 0.05) is 11.8 Å². The molecule has 0 amide bonds. The van der Waals surface area contributed by atoms with E-state index in [0.29, 0.717) is 10.7 Å². The Hall–Kier alpha value is -1.13. The Kier molecular flexibility index (Phi) is 2.85. The molecule has 13 heavy (non-hydrogen) atoms. The lowest BCUT2D eigenvalue weighted by Gasteiger charge is -2.09. The SMILES string of the molecule is Cc1cc(Cl)ncc1[C@@H](N)C(=O)O. The Morgan fingerprint density at radius 2 is 2.38 bits per heavy atom. The molecule has 0 aliphatic rings. The Morgan fingerprint density at radius 1 is 1.77 bits per heavy atom. The predicted octanol–water partition coefficient (Wildman–Crippen LogP) is 1.13. The first kappa shape index (κ1) is 9.95. The van der Waals surface area contributed by atoms with Crippen LogP contribution in [0, 0.1) is 6.92 Å². The van der Waals surface area contributed by atoms with Gasteiger partial charge in [0.05, 0.1) is 0 Å². The number of carboxylic acids is 1. The molecular formula is C8H9ClN2O2. The largest absolute Gasteiger partial charge is 0.480 e. The van der Waals surface area contributed by atoms with E-state index >= 15 is 0 Å². The first-order valence-electron chi connectivity index (χ1n) is 3.63. The molecule has 0 unspecified atom stereocenters. The van der Waals surface area contributed by atoms with Crippen LogP contribution in [0.1, 0.15) is 17.2 Å². The third-order valence-electron chi connectivity index (χ3n) is 1.72. The minimum absolute atomic E-state index is 0.332. The summed E-state index contributed by atoms with van der Waals surface area (Å²) in [7, 11) is 0. The fourth-order valence-electron chi connectivity index (χ4n) is 0.991. The summed E-state index contributed by atoms with van der Waals surface area (Å²) in [6.07, 6.45) is 1.39. The maximum absolute atomic E-state index is 10.6. The summed E-state index contributed by atoms with van der Waals surface area (Å²) in [4.78, 5) is 14.3. The van der Waals surface area contributed by atoms with E-state index in [1.165, 1.54) is 6.20 Å². The zero-order chi connectivity index (χ0) is 10.0. The fourth-order valence-corrected chi connectivity index (χ4v) is 1.20. The van der Waals surface area contributed by atoms with Gasteiger partial charge in [-0.3, -0.25) is 4.79 Å². The zero-order valence-electron chi connectivity index (χ0n) is 6.99. The maximum atomic E-state index is 10.6. The zero-order valence-corrected chi connectivity index (χ0v) is 7.75. The summed E-state index contributed by atoms with van der Waals surface area (Å²) in [5.74, 6) is -1.08. The van der Waals surface area contributed by atoms with Crippen LogP contribution in [-0.2, 0) is 4.79 Å². The van der Waals surface area contributed by atoms with Crippen molar-refractivity contribution in [3.63, 3.8) is 0 Å². The minimum Gasteiger partial charge on any atom is -0.480 e. The number of carboxylic acid groups (broad SMARTS) is 1. The fraction of sp³-hybridized carbons (Fsp3) is 0.250. The quantitative estimate of drug-likeness (QED) is 0.702. The Balaban J connectivity index is 3.08. The number of pyridine rings is 1. The molecule has 0 radical (unpaired) electrons. The van der Waals surface area contributed by atoms with E-state index in [0.717, 1.165) is 5.56 Å². The second-order valence-corrected chi connectivity index (χ2v) is 3.07. The van der Waals surface area contributed by atoms with Gasteiger partial charge in [0.15, 0.2) is 0 Å². The van der Waals surface area contributed by atoms with Crippen molar-refractivity contribution in [2.75, 3.05) is 0 Å². The van der Waals surface area contributed by atoms with Crippen molar-refractivity contribution in [2.24, 2.45) is 5.73 Å². The van der Waals surface area contributed by atoms with Crippen LogP contribution in [0.25, 0.3) is 0 Å². The average molecular weight is 201 g/mol. The highest BCUT2D eigenvalue weighted by molar-refractivity contribution is 6.29. The Labute approximate surface area is 80.3 Å². The number of aliphatic carboxylic acids is 1. The van der Waals surface area contributed by atoms with E-state index in [2.05, 4.69) is 4.98 Å². The number of carbonyl (C=O) groups is 1. The van der Waals surface area contributed by atoms with Crippen LogP contribution in [0.4, 0.5) is 0 Å². The van der Waals surface area contributed by atoms with Gasteiger partial charge in [-0.2, -0.15) is 0 Å². The highest BCUT2D eigenvalue weighted by Crippen LogP contribution is 2.17. The van der Waals surface area contributed by atoms with Crippen LogP contribution in [0.15, 0.2) is 12.3 Å². The standard InChI is InChI=1S/C8H9ClN2O2/c1-4-2-6(9)11-3-5(4)7(10)8(12)13/h2-3,7H,10H2,1H3,(H,12,13)/t7-/m1/s1. The van der Waals surface area contributed by atoms with E-state index in [9.17, 15) is 4.79 Å². The van der Waals surface area contributed by atoms with Crippen molar-refractivity contribution in [3.8, 4) is 0 Å². The summed E-state index contributed by atoms with van der Waals surface area (Å²) in [6.45, 7) is 1.74. The molecule has 0 saturated carbocycles. The molecule has 1 aromatic rings. The molecule has 1 rings (SSSR count). The van der Waals surface area contributed by atoms with Gasteiger partial charge in [-0.25, -0.2) is 4.98 Å². The second-order valence-electron chi connectivity index (χ2n) is 2.68. The summed E-state index contributed by atoms with van der Waals surface area (Å²) >= 11 is 5.60. The van der Waals surface area contributed by atoms with Gasteiger partial charge in [0.25, 0.3) is 0 Å². The molecule has 1 atom stereocenters. The van der Waals surface area contributed by atoms with Gasteiger partial charge >= 0.3 is 5.97 Å². The molecule has 0 bridgehead atoms. The number of hydrogen-bond donors (Lipinski definition) is 2. The van der Waals surface area contributed by atoms with Crippen molar-refractivity contribution < 1.29 is 9.90 Å². The first-order chi connectivity index (χ1) is 6.02. The smallest absolute Gasteiger partial charge is 0.325 e. The Bertz CT molecular complexity index is 341. The van der Waals surface area contributed by atoms with Gasteiger partial charge in [0.2, 0.25) is 0 Å². The number of rotatable bonds is 2. The van der Waals surface area contributed by atoms with Crippen LogP contribution < -0.4 is 5.73 Å². The highest BCUT2D eigenvalue weighted by atomic mass is 35.5. The lowest BCUT2D eigenvalue weighted by atomic mass is 10.1. The first-order valence-corrected chi connectivity index (χ1v) is 4.00. The number of aromatic nitrogens is 1. The third kappa shape index (κ3) is 2.17. The molecule has 0 spiro atoms. The number of halogens is 1. The summed E-state index contributed by atoms with van der Waals surface area (Å²) in [5.41, 5.74) is 6.62. The van der Waals surface area contributed by atoms with E-state index in [1.807, 2.05) is 0 Å². The van der Waals surface area contributed by atoms with Crippen LogP contribution >= 0.6 is 11.6 Å². The molecular weight excluding hydrogens is 192 g/mol. The molecule has 3 N–H and O–H groups in total. The summed E-state index contributed by atoms with van der Waals surface area (Å²) in [5, 5.41) is 8.98. The molecule has 0 fully saturated rings. The summed E-state index contributed by atoms with van der Waals surface area (Å²) < 4.78 is 0. The van der Waals surface area contributed by atoms with E-state index in [4.69, 9.17) is 22.4 Å². The lowest BCUT2D eigenvalue weighted by molar-refractivity contribution is -0.138. The average Bonchev–Trinajstić information content (AvgIpc) is 2.03. The number of nitrogens with two attached hydrogens (primary N) is 1. The van der Waals surface area contributed by atoms with Crippen molar-refractivity contribution in [1.29, 1.82) is 0 Å². The van der Waals surface area contributed by atoms with Gasteiger partial charge in [-0.15, -0.1) is 0 Å². The van der Waals surface area contributed by atoms with Gasteiger partial charge in [-0.05, 0) is 18.6 Å². The normalized spacial score (nSPS) is 12.5. The molecule has 4 nitrogen and oxygen atoms in total. The molecule has 0 aliphatic heterocycles. The van der Waals surface area contributed by atoms with Crippen LogP contribution in [0.3, 0.4) is 0 Å². The van der Waals surface area contributed by atoms with Crippen LogP contribution in [0.2, 0.25) is 5.15 Å². The molecule has 0 aromatic carbocycles. The van der Waals surface area contributed by atoms with Crippen LogP contribution in [0.5, 0.6) is 0 Å². The second kappa shape index (κ2) is 3.72. The molecule has 0 saturated heterocycles. The maximum Gasteiger partial charge on any atom is 0.325 e. The van der Waals surface area contributed by atoms with Crippen molar-refractivity contribution in [3.05, 3.63) is 28.5 Å². The van der Waals surface area contributed by atoms with Gasteiger partial charge in [-0.1, -0.05) is 11.6 Å². The lowest BCUT2D eigenvalue weighted by Crippen LogP contribution is -2.21. The van der Waals surface area contributed by atoms with E-state index in [1.54, 1.807) is 13.0 Å². The number of aryl methyl sites for hydroxylation is 1. The highest BCUT2D eigenvalue weighted by Gasteiger charge is 2.16. The molecule has 1 aromatic heterocycles. The third-order valence-corrected chi connectivity index (χ3v) is 1.93. The Morgan fingerprint density at radius 3 is 2.85 bits per heavy atom. The van der Waals surface area contributed by atoms with Crippen molar-refractivity contribution in [2.45, 2.75) is 13.0 Å². The van der Waals surface area contributed by atoms with Crippen molar-refractivity contribution >= 4 is 17.6 Å². The summed E-state index contributed by atoms with van der Waals surface area (Å²) in [6, 6.07) is 0.546. The predicted molar refractivity (Wildman–Crippen MR) is 48.5 cm³/mol. The monoisotopic (exact) mass is 200 g/mol. The number of hydrogen-bond acceptors (Lipinski definition) is 3. The molecule has 1 heterocycles. The van der Waals surface area contributed by atoms with Gasteiger partial charge < -0.3 is 10.8 Å². The molecule has 0 aliphatic carbocycles. The van der Waals surface area contributed by atoms with Gasteiger partial charge in [0.1, 0.15) is 11.2 Å². The van der Waals surface area contributed by atoms with Crippen LogP contribution in [-0.4, -0.2) is 16.1 Å². The topological polar surface area (TPSA) is 76.2 Å². The van der Waals surface area contributed by atoms with Crippen molar-refractivity contribution in [1.82, 2.24) is 4.98 Å². The number of nitrogens with zero attached hydrogens (tertiary/aromatic N) is 1.